The van der Waals surface area contributed by atoms with Crippen LogP contribution in [-0.4, -0.2) is 6.16 Å². The summed E-state index contributed by atoms with van der Waals surface area (Å²) >= 11 is 0. The second kappa shape index (κ2) is 5.48. The van der Waals surface area contributed by atoms with Crippen molar-refractivity contribution in [3.8, 4) is 0 Å². The van der Waals surface area contributed by atoms with Crippen LogP contribution in [0.15, 0.2) is 0 Å². The molecule has 0 spiro atoms. The minimum Gasteiger partial charge on any atom is -0.652 e. The van der Waals surface area contributed by atoms with Gasteiger partial charge in [0, 0.05) is 0 Å². The molecule has 0 unspecified atom stereocenters. The van der Waals surface area contributed by atoms with Crippen molar-refractivity contribution in [1.82, 2.24) is 0 Å². The Labute approximate surface area is 128 Å². The van der Waals surface area contributed by atoms with Crippen molar-refractivity contribution < 1.29 is 15.0 Å². The third-order valence-electron chi connectivity index (χ3n) is 7.28. The number of carbonyl (C=O) groups excluding carboxylic acids is 1. The van der Waals surface area contributed by atoms with Gasteiger partial charge < -0.3 is 15.0 Å². The van der Waals surface area contributed by atoms with Gasteiger partial charge in [-0.15, -0.1) is 0 Å². The van der Waals surface area contributed by atoms with E-state index >= 15 is 0 Å². The highest BCUT2D eigenvalue weighted by molar-refractivity contribution is 5.47. The van der Waals surface area contributed by atoms with Crippen molar-refractivity contribution in [2.75, 3.05) is 0 Å². The molecule has 0 aromatic carbocycles. The normalized spacial score (nSPS) is 43.0. The third kappa shape index (κ3) is 2.80. The molecule has 120 valence electrons. The smallest absolute Gasteiger partial charge is 0.0236 e. The summed E-state index contributed by atoms with van der Waals surface area (Å²) < 4.78 is 0. The minimum absolute atomic E-state index is 0.737. The SMILES string of the molecule is CC1(C23CC4CC(CC(C4)C2)C3)CCCCC1.O=C([O-])[O-]. The summed E-state index contributed by atoms with van der Waals surface area (Å²) in [7, 11) is 0. The maximum atomic E-state index is 8.33. The van der Waals surface area contributed by atoms with Gasteiger partial charge in [-0.25, -0.2) is 0 Å². The summed E-state index contributed by atoms with van der Waals surface area (Å²) in [6, 6.07) is 0. The molecule has 5 aliphatic rings. The van der Waals surface area contributed by atoms with Crippen LogP contribution in [-0.2, 0) is 0 Å². The van der Waals surface area contributed by atoms with Gasteiger partial charge in [0.1, 0.15) is 0 Å². The number of carbonyl (C=O) groups is 1. The largest absolute Gasteiger partial charge is 0.652 e. The van der Waals surface area contributed by atoms with E-state index in [1.54, 1.807) is 51.4 Å². The molecule has 5 aliphatic carbocycles. The van der Waals surface area contributed by atoms with Crippen LogP contribution in [0, 0.1) is 28.6 Å². The molecule has 0 amide bonds. The van der Waals surface area contributed by atoms with Crippen LogP contribution in [0.3, 0.4) is 0 Å². The summed E-state index contributed by atoms with van der Waals surface area (Å²) in [5, 5.41) is 16.7. The summed E-state index contributed by atoms with van der Waals surface area (Å²) in [5.74, 6) is 3.42. The van der Waals surface area contributed by atoms with Crippen molar-refractivity contribution in [3.05, 3.63) is 0 Å². The van der Waals surface area contributed by atoms with E-state index in [-0.39, 0.29) is 0 Å². The minimum atomic E-state index is -2.33. The Morgan fingerprint density at radius 3 is 1.62 bits per heavy atom. The van der Waals surface area contributed by atoms with E-state index in [9.17, 15) is 0 Å². The van der Waals surface area contributed by atoms with E-state index in [0.29, 0.717) is 0 Å². The first-order valence-corrected chi connectivity index (χ1v) is 8.80. The topological polar surface area (TPSA) is 63.2 Å². The van der Waals surface area contributed by atoms with E-state index in [1.165, 1.54) is 19.3 Å². The fourth-order valence-corrected chi connectivity index (χ4v) is 6.71. The highest BCUT2D eigenvalue weighted by atomic mass is 16.6. The Morgan fingerprint density at radius 2 is 1.24 bits per heavy atom. The Balaban J connectivity index is 0.000000298. The molecule has 3 heteroatoms. The summed E-state index contributed by atoms with van der Waals surface area (Å²) in [6.45, 7) is 2.68. The number of carboxylic acid groups (broad SMARTS) is 2. The van der Waals surface area contributed by atoms with Gasteiger partial charge in [-0.05, 0) is 86.1 Å². The molecule has 4 bridgehead atoms. The fraction of sp³-hybridized carbons (Fsp3) is 0.944. The van der Waals surface area contributed by atoms with Crippen molar-refractivity contribution in [3.63, 3.8) is 0 Å². The molecule has 0 aromatic rings. The average Bonchev–Trinajstić information content (AvgIpc) is 2.37. The van der Waals surface area contributed by atoms with Gasteiger partial charge in [-0.2, -0.15) is 0 Å². The van der Waals surface area contributed by atoms with E-state index in [2.05, 4.69) is 6.92 Å². The zero-order valence-corrected chi connectivity index (χ0v) is 13.2. The first-order valence-electron chi connectivity index (χ1n) is 8.80. The van der Waals surface area contributed by atoms with E-state index in [1.807, 2.05) is 0 Å². The van der Waals surface area contributed by atoms with Gasteiger partial charge in [0.05, 0.1) is 0 Å². The van der Waals surface area contributed by atoms with Crippen LogP contribution < -0.4 is 10.2 Å². The maximum Gasteiger partial charge on any atom is -0.0236 e. The van der Waals surface area contributed by atoms with Crippen molar-refractivity contribution >= 4 is 6.16 Å². The van der Waals surface area contributed by atoms with Crippen LogP contribution in [0.5, 0.6) is 0 Å². The quantitative estimate of drug-likeness (QED) is 0.746. The molecule has 0 aliphatic heterocycles. The molecule has 5 rings (SSSR count). The molecule has 0 atom stereocenters. The molecule has 5 fully saturated rings. The van der Waals surface area contributed by atoms with Gasteiger partial charge in [-0.1, -0.05) is 26.2 Å². The summed E-state index contributed by atoms with van der Waals surface area (Å²) in [6.07, 6.45) is 15.0. The Morgan fingerprint density at radius 1 is 0.857 bits per heavy atom. The third-order valence-corrected chi connectivity index (χ3v) is 7.28. The lowest BCUT2D eigenvalue weighted by molar-refractivity contribution is -0.415. The molecule has 0 saturated heterocycles. The van der Waals surface area contributed by atoms with E-state index in [0.717, 1.165) is 28.6 Å². The molecule has 3 nitrogen and oxygen atoms in total. The Bertz CT molecular complexity index is 356. The molecule has 21 heavy (non-hydrogen) atoms. The first kappa shape index (κ1) is 15.2. The fourth-order valence-electron chi connectivity index (χ4n) is 6.71. The predicted octanol–water partition coefficient (Wildman–Crippen LogP) is 2.73. The van der Waals surface area contributed by atoms with Crippen LogP contribution in [0.4, 0.5) is 4.79 Å². The van der Waals surface area contributed by atoms with Gasteiger partial charge in [-0.3, -0.25) is 0 Å². The van der Waals surface area contributed by atoms with Crippen molar-refractivity contribution in [2.45, 2.75) is 77.6 Å². The Kier molecular flexibility index (Phi) is 3.96. The van der Waals surface area contributed by atoms with Crippen molar-refractivity contribution in [1.29, 1.82) is 0 Å². The Hall–Kier alpha value is -0.730. The lowest BCUT2D eigenvalue weighted by Crippen LogP contribution is -2.54. The molecule has 0 N–H and O–H groups in total. The summed E-state index contributed by atoms with van der Waals surface area (Å²) in [4.78, 5) is 8.33. The van der Waals surface area contributed by atoms with Crippen LogP contribution in [0.1, 0.15) is 77.6 Å². The summed E-state index contributed by atoms with van der Waals surface area (Å²) in [5.41, 5.74) is 1.55. The second-order valence-corrected chi connectivity index (χ2v) is 8.57. The average molecular weight is 292 g/mol. The van der Waals surface area contributed by atoms with Gasteiger partial charge in [0.2, 0.25) is 0 Å². The number of hydrogen-bond acceptors (Lipinski definition) is 3. The van der Waals surface area contributed by atoms with Gasteiger partial charge in [0.25, 0.3) is 0 Å². The zero-order chi connectivity index (χ0) is 15.1. The zero-order valence-electron chi connectivity index (χ0n) is 13.2. The van der Waals surface area contributed by atoms with E-state index in [4.69, 9.17) is 15.0 Å². The highest BCUT2D eigenvalue weighted by Crippen LogP contribution is 2.68. The standard InChI is InChI=1S/C17H28.CH2O3/c1-16(5-3-2-4-6-16)17-10-13-7-14(11-17)9-15(8-13)12-17;2-1(3)4/h13-15H,2-12H2,1H3;(H2,2,3,4)/p-2. The maximum absolute atomic E-state index is 8.33. The lowest BCUT2D eigenvalue weighted by atomic mass is 9.41. The predicted molar refractivity (Wildman–Crippen MR) is 77.2 cm³/mol. The van der Waals surface area contributed by atoms with Gasteiger partial charge in [0.15, 0.2) is 0 Å². The molecule has 5 saturated carbocycles. The lowest BCUT2D eigenvalue weighted by Gasteiger charge is -2.64. The van der Waals surface area contributed by atoms with Crippen molar-refractivity contribution in [2.24, 2.45) is 28.6 Å². The van der Waals surface area contributed by atoms with Gasteiger partial charge >= 0.3 is 0 Å². The molecular formula is C18H28O3-2. The molecule has 0 radical (unpaired) electrons. The van der Waals surface area contributed by atoms with Crippen LogP contribution >= 0.6 is 0 Å². The number of hydrogen-bond donors (Lipinski definition) is 0. The monoisotopic (exact) mass is 292 g/mol. The second-order valence-electron chi connectivity index (χ2n) is 8.57. The molecule has 0 heterocycles. The van der Waals surface area contributed by atoms with Crippen LogP contribution in [0.2, 0.25) is 0 Å². The van der Waals surface area contributed by atoms with Crippen LogP contribution in [0.25, 0.3) is 0 Å². The highest BCUT2D eigenvalue weighted by Gasteiger charge is 2.58. The number of rotatable bonds is 1. The van der Waals surface area contributed by atoms with E-state index < -0.39 is 6.16 Å². The first-order chi connectivity index (χ1) is 9.92. The molecular weight excluding hydrogens is 264 g/mol. The molecule has 0 aromatic heterocycles.